The number of nitrogens with zero attached hydrogens (tertiary/aromatic N) is 2. The zero-order valence-electron chi connectivity index (χ0n) is 12.1. The van der Waals surface area contributed by atoms with Crippen molar-refractivity contribution in [2.24, 2.45) is 7.05 Å². The van der Waals surface area contributed by atoms with Crippen molar-refractivity contribution in [2.45, 2.75) is 39.2 Å². The monoisotopic (exact) mass is 258 g/mol. The summed E-state index contributed by atoms with van der Waals surface area (Å²) >= 11 is 0. The molecule has 2 aromatic rings. The minimum absolute atomic E-state index is 0.571. The summed E-state index contributed by atoms with van der Waals surface area (Å²) in [6.45, 7) is 5.99. The summed E-state index contributed by atoms with van der Waals surface area (Å²) in [4.78, 5) is 0. The Bertz CT molecular complexity index is 570. The van der Waals surface area contributed by atoms with Crippen molar-refractivity contribution in [3.63, 3.8) is 0 Å². The fourth-order valence-electron chi connectivity index (χ4n) is 2.53. The van der Waals surface area contributed by atoms with Gasteiger partial charge < -0.3 is 5.11 Å². The average molecular weight is 258 g/mol. The topological polar surface area (TPSA) is 38.0 Å². The molecular formula is C16H22N2O. The SMILES string of the molecule is CCc1cc(CC(C)(O)c2ccccc2C)n(C)n1. The van der Waals surface area contributed by atoms with Gasteiger partial charge in [-0.1, -0.05) is 31.2 Å². The van der Waals surface area contributed by atoms with Gasteiger partial charge in [-0.2, -0.15) is 5.10 Å². The molecule has 0 spiro atoms. The van der Waals surface area contributed by atoms with Crippen LogP contribution in [0.3, 0.4) is 0 Å². The van der Waals surface area contributed by atoms with Crippen LogP contribution in [0.25, 0.3) is 0 Å². The smallest absolute Gasteiger partial charge is 0.0926 e. The maximum atomic E-state index is 10.8. The quantitative estimate of drug-likeness (QED) is 0.915. The van der Waals surface area contributed by atoms with Crippen LogP contribution < -0.4 is 0 Å². The molecule has 1 atom stereocenters. The number of aliphatic hydroxyl groups is 1. The van der Waals surface area contributed by atoms with Gasteiger partial charge >= 0.3 is 0 Å². The molecule has 2 rings (SSSR count). The van der Waals surface area contributed by atoms with Gasteiger partial charge in [0.05, 0.1) is 11.3 Å². The third-order valence-corrected chi connectivity index (χ3v) is 3.64. The maximum Gasteiger partial charge on any atom is 0.0926 e. The molecule has 3 heteroatoms. The normalized spacial score (nSPS) is 14.4. The number of rotatable bonds is 4. The van der Waals surface area contributed by atoms with Crippen LogP contribution in [0, 0.1) is 6.92 Å². The maximum absolute atomic E-state index is 10.8. The summed E-state index contributed by atoms with van der Waals surface area (Å²) in [6.07, 6.45) is 1.49. The largest absolute Gasteiger partial charge is 0.385 e. The van der Waals surface area contributed by atoms with Gasteiger partial charge in [-0.15, -0.1) is 0 Å². The second-order valence-electron chi connectivity index (χ2n) is 5.37. The number of aryl methyl sites for hydroxylation is 3. The van der Waals surface area contributed by atoms with Gasteiger partial charge in [0, 0.05) is 19.2 Å². The Balaban J connectivity index is 2.30. The van der Waals surface area contributed by atoms with Gasteiger partial charge in [0.2, 0.25) is 0 Å². The van der Waals surface area contributed by atoms with E-state index >= 15 is 0 Å². The predicted molar refractivity (Wildman–Crippen MR) is 77.0 cm³/mol. The highest BCUT2D eigenvalue weighted by molar-refractivity contribution is 5.32. The third kappa shape index (κ3) is 2.87. The molecule has 0 fully saturated rings. The average Bonchev–Trinajstić information content (AvgIpc) is 2.70. The fraction of sp³-hybridized carbons (Fsp3) is 0.438. The van der Waals surface area contributed by atoms with Crippen LogP contribution in [-0.4, -0.2) is 14.9 Å². The van der Waals surface area contributed by atoms with E-state index in [4.69, 9.17) is 0 Å². The van der Waals surface area contributed by atoms with Gasteiger partial charge in [-0.25, -0.2) is 0 Å². The van der Waals surface area contributed by atoms with Crippen molar-refractivity contribution in [3.05, 3.63) is 52.8 Å². The Morgan fingerprint density at radius 1 is 1.32 bits per heavy atom. The minimum Gasteiger partial charge on any atom is -0.385 e. The van der Waals surface area contributed by atoms with E-state index in [1.54, 1.807) is 0 Å². The van der Waals surface area contributed by atoms with Crippen LogP contribution in [0.4, 0.5) is 0 Å². The molecule has 0 aliphatic heterocycles. The van der Waals surface area contributed by atoms with Crippen molar-refractivity contribution in [1.82, 2.24) is 9.78 Å². The van der Waals surface area contributed by atoms with Crippen molar-refractivity contribution in [1.29, 1.82) is 0 Å². The summed E-state index contributed by atoms with van der Waals surface area (Å²) in [5, 5.41) is 15.2. The first kappa shape index (κ1) is 13.8. The van der Waals surface area contributed by atoms with E-state index < -0.39 is 5.60 Å². The highest BCUT2D eigenvalue weighted by Gasteiger charge is 2.26. The molecule has 19 heavy (non-hydrogen) atoms. The van der Waals surface area contributed by atoms with Crippen LogP contribution >= 0.6 is 0 Å². The van der Waals surface area contributed by atoms with Crippen molar-refractivity contribution >= 4 is 0 Å². The van der Waals surface area contributed by atoms with E-state index in [1.165, 1.54) is 0 Å². The molecule has 0 bridgehead atoms. The molecule has 1 unspecified atom stereocenters. The first-order valence-corrected chi connectivity index (χ1v) is 6.74. The van der Waals surface area contributed by atoms with Crippen LogP contribution in [0.5, 0.6) is 0 Å². The van der Waals surface area contributed by atoms with Crippen LogP contribution in [-0.2, 0) is 25.5 Å². The van der Waals surface area contributed by atoms with Crippen LogP contribution in [0.1, 0.15) is 36.4 Å². The van der Waals surface area contributed by atoms with E-state index in [2.05, 4.69) is 18.1 Å². The number of hydrogen-bond donors (Lipinski definition) is 1. The van der Waals surface area contributed by atoms with E-state index in [0.29, 0.717) is 6.42 Å². The van der Waals surface area contributed by atoms with Crippen molar-refractivity contribution in [3.8, 4) is 0 Å². The predicted octanol–water partition coefficient (Wildman–Crippen LogP) is 2.74. The molecule has 0 amide bonds. The molecule has 1 heterocycles. The van der Waals surface area contributed by atoms with E-state index in [1.807, 2.05) is 49.8 Å². The molecule has 0 aliphatic carbocycles. The van der Waals surface area contributed by atoms with Gasteiger partial charge in [0.1, 0.15) is 0 Å². The molecule has 3 nitrogen and oxygen atoms in total. The van der Waals surface area contributed by atoms with E-state index in [-0.39, 0.29) is 0 Å². The molecule has 0 radical (unpaired) electrons. The Labute approximate surface area is 114 Å². The fourth-order valence-corrected chi connectivity index (χ4v) is 2.53. The number of benzene rings is 1. The summed E-state index contributed by atoms with van der Waals surface area (Å²) in [5.41, 5.74) is 3.35. The summed E-state index contributed by atoms with van der Waals surface area (Å²) in [5.74, 6) is 0. The molecule has 102 valence electrons. The molecule has 0 saturated heterocycles. The summed E-state index contributed by atoms with van der Waals surface area (Å²) < 4.78 is 1.87. The second kappa shape index (κ2) is 5.17. The lowest BCUT2D eigenvalue weighted by atomic mass is 9.88. The highest BCUT2D eigenvalue weighted by Crippen LogP contribution is 2.27. The number of aromatic nitrogens is 2. The number of hydrogen-bond acceptors (Lipinski definition) is 2. The first-order valence-electron chi connectivity index (χ1n) is 6.74. The molecule has 1 aromatic heterocycles. The zero-order valence-corrected chi connectivity index (χ0v) is 12.1. The zero-order chi connectivity index (χ0) is 14.0. The molecule has 1 aromatic carbocycles. The Kier molecular flexibility index (Phi) is 3.76. The summed E-state index contributed by atoms with van der Waals surface area (Å²) in [6, 6.07) is 10.1. The Morgan fingerprint density at radius 2 is 2.00 bits per heavy atom. The van der Waals surface area contributed by atoms with E-state index in [0.717, 1.165) is 28.9 Å². The van der Waals surface area contributed by atoms with Gasteiger partial charge in [0.15, 0.2) is 0 Å². The lowest BCUT2D eigenvalue weighted by Crippen LogP contribution is -2.26. The first-order chi connectivity index (χ1) is 8.94. The third-order valence-electron chi connectivity index (χ3n) is 3.64. The summed E-state index contributed by atoms with van der Waals surface area (Å²) in [7, 11) is 1.93. The highest BCUT2D eigenvalue weighted by atomic mass is 16.3. The lowest BCUT2D eigenvalue weighted by Gasteiger charge is -2.25. The molecule has 1 N–H and O–H groups in total. The Hall–Kier alpha value is -1.61. The van der Waals surface area contributed by atoms with Crippen LogP contribution in [0.2, 0.25) is 0 Å². The molecule has 0 aliphatic rings. The van der Waals surface area contributed by atoms with E-state index in [9.17, 15) is 5.11 Å². The van der Waals surface area contributed by atoms with Crippen molar-refractivity contribution < 1.29 is 5.11 Å². The van der Waals surface area contributed by atoms with Gasteiger partial charge in [0.25, 0.3) is 0 Å². The minimum atomic E-state index is -0.871. The van der Waals surface area contributed by atoms with Gasteiger partial charge in [-0.05, 0) is 37.5 Å². The standard InChI is InChI=1S/C16H22N2O/c1-5-13-10-14(18(4)17-13)11-16(3,19)15-9-7-6-8-12(15)2/h6-10,19H,5,11H2,1-4H3. The van der Waals surface area contributed by atoms with Crippen molar-refractivity contribution in [2.75, 3.05) is 0 Å². The molecular weight excluding hydrogens is 236 g/mol. The Morgan fingerprint density at radius 3 is 2.58 bits per heavy atom. The second-order valence-corrected chi connectivity index (χ2v) is 5.37. The van der Waals surface area contributed by atoms with Gasteiger partial charge in [-0.3, -0.25) is 4.68 Å². The molecule has 0 saturated carbocycles. The lowest BCUT2D eigenvalue weighted by molar-refractivity contribution is 0.0550. The van der Waals surface area contributed by atoms with Crippen LogP contribution in [0.15, 0.2) is 30.3 Å².